The predicted molar refractivity (Wildman–Crippen MR) is 382 cm³/mol. The molecule has 0 saturated carbocycles. The van der Waals surface area contributed by atoms with Crippen molar-refractivity contribution in [2.24, 2.45) is 0 Å². The van der Waals surface area contributed by atoms with Gasteiger partial charge in [-0.05, 0) is 62.5 Å². The lowest BCUT2D eigenvalue weighted by molar-refractivity contribution is -0.223. The van der Waals surface area contributed by atoms with Crippen LogP contribution in [0.5, 0.6) is 0 Å². The van der Waals surface area contributed by atoms with Gasteiger partial charge in [0.2, 0.25) is 51.3 Å². The first-order valence-electron chi connectivity index (χ1n) is 37.1. The minimum atomic E-state index is -5.21. The molecule has 2 rings (SSSR count). The Kier molecular flexibility index (Phi) is 59.5. The molecule has 0 spiro atoms. The molecule has 656 valence electrons. The SMILES string of the molecule is CC(=O)OC(C)OC(=O)CCCCCCC(=O)OC(C)OC(C)=O.CC(OC(=O)CCCCCCC(=O)OC(C)OC(=O)C(F)(F)F)OC(=O)C(F)(F)F.CCC(=O)OC(C)OC(=O)CCCCCCC(=O)OC(C)OC(=O)CC.O=C(CCCCCCC(=O)OCOC(=O)OCc1ccccc1)OCOC(=O)OCc1ccccc1. The van der Waals surface area contributed by atoms with Gasteiger partial charge in [-0.25, -0.2) is 19.2 Å². The number of carbonyl (C=O) groups excluding carboxylic acids is 16. The quantitative estimate of drug-likeness (QED) is 0.0195. The molecule has 0 fully saturated rings. The molecule has 0 aromatic heterocycles. The smallest absolute Gasteiger partial charge is 0.429 e. The molecular weight excluding hydrogens is 1570 g/mol. The van der Waals surface area contributed by atoms with E-state index in [0.29, 0.717) is 64.2 Å². The van der Waals surface area contributed by atoms with E-state index in [1.54, 1.807) is 38.1 Å². The van der Waals surface area contributed by atoms with Crippen molar-refractivity contribution in [2.45, 2.75) is 299 Å². The van der Waals surface area contributed by atoms with Crippen LogP contribution in [0.25, 0.3) is 0 Å². The monoisotopic (exact) mass is 1680 g/mol. The largest absolute Gasteiger partial charge is 0.511 e. The van der Waals surface area contributed by atoms with Crippen molar-refractivity contribution in [1.29, 1.82) is 0 Å². The van der Waals surface area contributed by atoms with Crippen molar-refractivity contribution in [1.82, 2.24) is 0 Å². The number of alkyl halides is 6. The van der Waals surface area contributed by atoms with Crippen LogP contribution in [0.2, 0.25) is 0 Å². The van der Waals surface area contributed by atoms with Crippen molar-refractivity contribution in [3.63, 3.8) is 0 Å². The van der Waals surface area contributed by atoms with Crippen LogP contribution in [0.4, 0.5) is 35.9 Å². The van der Waals surface area contributed by atoms with Gasteiger partial charge in [0.15, 0.2) is 0 Å². The fourth-order valence-electron chi connectivity index (χ4n) is 8.56. The second kappa shape index (κ2) is 64.4. The number of carbonyl (C=O) groups is 16. The van der Waals surface area contributed by atoms with Crippen LogP contribution in [-0.2, 0) is 166 Å². The lowest BCUT2D eigenvalue weighted by atomic mass is 10.1. The van der Waals surface area contributed by atoms with E-state index in [2.05, 4.69) is 28.4 Å². The summed E-state index contributed by atoms with van der Waals surface area (Å²) in [6.07, 6.45) is -8.57. The second-order valence-electron chi connectivity index (χ2n) is 24.3. The highest BCUT2D eigenvalue weighted by Crippen LogP contribution is 2.21. The lowest BCUT2D eigenvalue weighted by Crippen LogP contribution is -2.31. The fraction of sp³-hybridized carbons (Fsp3) is 0.632. The molecule has 0 heterocycles. The summed E-state index contributed by atoms with van der Waals surface area (Å²) in [7, 11) is 0. The first kappa shape index (κ1) is 107. The van der Waals surface area contributed by atoms with Gasteiger partial charge in [-0.3, -0.25) is 57.5 Å². The Balaban J connectivity index is 0. The number of unbranched alkanes of at least 4 members (excludes halogenated alkanes) is 12. The summed E-state index contributed by atoms with van der Waals surface area (Å²) in [5.41, 5.74) is 1.62. The molecule has 6 unspecified atom stereocenters. The normalized spacial score (nSPS) is 12.1. The fourth-order valence-corrected chi connectivity index (χ4v) is 8.56. The first-order valence-corrected chi connectivity index (χ1v) is 37.1. The summed E-state index contributed by atoms with van der Waals surface area (Å²) < 4.78 is 156. The van der Waals surface area contributed by atoms with E-state index in [9.17, 15) is 103 Å². The van der Waals surface area contributed by atoms with Crippen LogP contribution in [0, 0.1) is 0 Å². The molecule has 40 heteroatoms. The highest BCUT2D eigenvalue weighted by atomic mass is 19.4. The van der Waals surface area contributed by atoms with Gasteiger partial charge in [0.1, 0.15) is 13.2 Å². The van der Waals surface area contributed by atoms with Gasteiger partial charge in [-0.1, -0.05) is 126 Å². The standard InChI is InChI=1S/C26H30O10.C18H30O8.C16H20F6O8.C16H26O8/c27-23(33-19-35-25(29)31-17-21-11-5-3-6-12-21)15-9-1-2-10-16-24(28)34-20-36-26(30)32-18-22-13-7-4-8-14-22;1-5-15(19)23-13(3)25-17(21)11-9-7-8-10-12-18(22)26-14(4)24-16(20)6-2;1-9(29-13(25)15(17,18)19)27-11(23)7-5-3-4-6-8-12(24)28-10(2)30-14(26)16(20,21)22;1-11(17)21-13(3)23-15(19)9-7-5-6-8-10-16(20)24-14(4)22-12(2)18/h3-8,11-14H,1-2,9-10,15-20H2;13-14H,5-12H2,1-4H3;9-10H,3-8H2,1-2H3;13-14H,5-10H2,1-4H3. The Bertz CT molecular complexity index is 3050. The molecule has 2 aromatic rings. The van der Waals surface area contributed by atoms with E-state index >= 15 is 0 Å². The zero-order valence-corrected chi connectivity index (χ0v) is 66.6. The Morgan fingerprint density at radius 1 is 0.267 bits per heavy atom. The van der Waals surface area contributed by atoms with Crippen LogP contribution < -0.4 is 0 Å². The van der Waals surface area contributed by atoms with E-state index in [0.717, 1.165) is 50.7 Å². The van der Waals surface area contributed by atoms with E-state index < -0.39 is 160 Å². The minimum absolute atomic E-state index is 0.0650. The Morgan fingerprint density at radius 3 is 0.690 bits per heavy atom. The number of rotatable bonds is 50. The van der Waals surface area contributed by atoms with Crippen molar-refractivity contribution in [2.75, 3.05) is 13.6 Å². The highest BCUT2D eigenvalue weighted by Gasteiger charge is 2.43. The zero-order chi connectivity index (χ0) is 87.9. The molecule has 0 amide bonds. The molecule has 116 heavy (non-hydrogen) atoms. The Morgan fingerprint density at radius 2 is 0.474 bits per heavy atom. The van der Waals surface area contributed by atoms with E-state index in [-0.39, 0.29) is 90.3 Å². The molecule has 2 aromatic carbocycles. The van der Waals surface area contributed by atoms with Crippen molar-refractivity contribution >= 4 is 95.9 Å². The first-order chi connectivity index (χ1) is 54.6. The summed E-state index contributed by atoms with van der Waals surface area (Å²) in [5, 5.41) is 0. The number of ether oxygens (including phenoxy) is 18. The summed E-state index contributed by atoms with van der Waals surface area (Å²) in [4.78, 5) is 180. The Hall–Kier alpha value is -10.9. The number of hydrogen-bond donors (Lipinski definition) is 0. The molecule has 0 bridgehead atoms. The van der Waals surface area contributed by atoms with Crippen LogP contribution in [-0.4, -0.2) is 160 Å². The molecule has 0 aliphatic carbocycles. The van der Waals surface area contributed by atoms with Gasteiger partial charge >= 0.3 is 108 Å². The maximum absolute atomic E-state index is 12.0. The number of benzene rings is 2. The van der Waals surface area contributed by atoms with Gasteiger partial charge in [-0.15, -0.1) is 0 Å². The van der Waals surface area contributed by atoms with Crippen LogP contribution >= 0.6 is 0 Å². The van der Waals surface area contributed by atoms with Crippen molar-refractivity contribution < 1.29 is 188 Å². The van der Waals surface area contributed by atoms with Gasteiger partial charge in [0, 0.05) is 120 Å². The predicted octanol–water partition coefficient (Wildman–Crippen LogP) is 13.6. The van der Waals surface area contributed by atoms with Crippen molar-refractivity contribution in [3.05, 3.63) is 71.8 Å². The third-order valence-corrected chi connectivity index (χ3v) is 13.9. The van der Waals surface area contributed by atoms with Crippen molar-refractivity contribution in [3.8, 4) is 0 Å². The molecule has 0 saturated heterocycles. The number of hydrogen-bond acceptors (Lipinski definition) is 34. The maximum atomic E-state index is 12.0. The third kappa shape index (κ3) is 66.6. The van der Waals surface area contributed by atoms with Gasteiger partial charge < -0.3 is 85.3 Å². The highest BCUT2D eigenvalue weighted by molar-refractivity contribution is 5.77. The molecule has 0 aliphatic rings. The Labute approximate surface area is 666 Å². The second-order valence-corrected chi connectivity index (χ2v) is 24.3. The van der Waals surface area contributed by atoms with Gasteiger partial charge in [0.05, 0.1) is 0 Å². The molecular formula is C76H106F6O34. The van der Waals surface area contributed by atoms with Gasteiger partial charge in [-0.2, -0.15) is 26.3 Å². The van der Waals surface area contributed by atoms with E-state index in [4.69, 9.17) is 56.8 Å². The number of esters is 14. The minimum Gasteiger partial charge on any atom is -0.429 e. The summed E-state index contributed by atoms with van der Waals surface area (Å²) in [6.45, 7) is 12.7. The summed E-state index contributed by atoms with van der Waals surface area (Å²) in [6, 6.07) is 18.2. The lowest BCUT2D eigenvalue weighted by Gasteiger charge is -2.15. The van der Waals surface area contributed by atoms with Crippen LogP contribution in [0.3, 0.4) is 0 Å². The molecule has 0 radical (unpaired) electrons. The third-order valence-electron chi connectivity index (χ3n) is 13.9. The molecule has 34 nitrogen and oxygen atoms in total. The average molecular weight is 1680 g/mol. The maximum Gasteiger partial charge on any atom is 0.511 e. The zero-order valence-electron chi connectivity index (χ0n) is 66.6. The van der Waals surface area contributed by atoms with Crippen LogP contribution in [0.15, 0.2) is 60.7 Å². The van der Waals surface area contributed by atoms with E-state index in [1.807, 2.05) is 36.4 Å². The average Bonchev–Trinajstić information content (AvgIpc) is 0.901. The molecule has 6 atom stereocenters. The van der Waals surface area contributed by atoms with Gasteiger partial charge in [0.25, 0.3) is 0 Å². The molecule has 0 aliphatic heterocycles. The van der Waals surface area contributed by atoms with E-state index in [1.165, 1.54) is 41.5 Å². The van der Waals surface area contributed by atoms with Crippen LogP contribution in [0.1, 0.15) is 247 Å². The molecule has 0 N–H and O–H groups in total. The topological polar surface area (TPSA) is 439 Å². The number of halogens is 6. The summed E-state index contributed by atoms with van der Waals surface area (Å²) >= 11 is 0. The summed E-state index contributed by atoms with van der Waals surface area (Å²) in [5.74, 6) is -11.3.